The van der Waals surface area contributed by atoms with Crippen molar-refractivity contribution in [1.82, 2.24) is 15.0 Å². The first kappa shape index (κ1) is 12.8. The van der Waals surface area contributed by atoms with Gasteiger partial charge in [-0.1, -0.05) is 0 Å². The minimum atomic E-state index is -3.75. The van der Waals surface area contributed by atoms with Crippen molar-refractivity contribution < 1.29 is 13.2 Å². The minimum Gasteiger partial charge on any atom is -0.384 e. The molecule has 7 nitrogen and oxygen atoms in total. The predicted octanol–water partition coefficient (Wildman–Crippen LogP) is -0.779. The second-order valence-electron chi connectivity index (χ2n) is 4.02. The normalized spacial score (nSPS) is 20.4. The number of sulfonamides is 1. The van der Waals surface area contributed by atoms with E-state index in [2.05, 4.69) is 15.0 Å². The average Bonchev–Trinajstić information content (AvgIpc) is 2.32. The van der Waals surface area contributed by atoms with E-state index >= 15 is 0 Å². The maximum atomic E-state index is 12.0. The van der Waals surface area contributed by atoms with Crippen LogP contribution < -0.4 is 15.8 Å². The number of carbonyl (C=O) groups excluding carboxylic acids is 1. The fourth-order valence-electron chi connectivity index (χ4n) is 1.73. The molecule has 1 unspecified atom stereocenters. The van der Waals surface area contributed by atoms with Crippen molar-refractivity contribution in [1.29, 1.82) is 0 Å². The third-order valence-electron chi connectivity index (χ3n) is 2.65. The molecule has 0 aliphatic carbocycles. The molecule has 1 aliphatic rings. The van der Waals surface area contributed by atoms with Gasteiger partial charge in [-0.25, -0.2) is 13.4 Å². The largest absolute Gasteiger partial charge is 0.384 e. The smallest absolute Gasteiger partial charge is 0.241 e. The van der Waals surface area contributed by atoms with E-state index < -0.39 is 16.1 Å². The zero-order valence-electron chi connectivity index (χ0n) is 9.59. The van der Waals surface area contributed by atoms with Crippen molar-refractivity contribution in [3.05, 3.63) is 18.3 Å². The minimum absolute atomic E-state index is 0.00775. The molecule has 98 valence electrons. The monoisotopic (exact) mass is 270 g/mol. The van der Waals surface area contributed by atoms with Crippen LogP contribution in [0.5, 0.6) is 0 Å². The second-order valence-corrected chi connectivity index (χ2v) is 5.74. The fourth-order valence-corrected chi connectivity index (χ4v) is 2.99. The Morgan fingerprint density at radius 1 is 1.50 bits per heavy atom. The van der Waals surface area contributed by atoms with Gasteiger partial charge in [-0.05, 0) is 18.9 Å². The number of amides is 1. The van der Waals surface area contributed by atoms with Gasteiger partial charge in [0.15, 0.2) is 0 Å². The molecule has 1 aromatic rings. The first-order valence-electron chi connectivity index (χ1n) is 5.50. The molecule has 0 bridgehead atoms. The van der Waals surface area contributed by atoms with E-state index in [1.807, 2.05) is 0 Å². The maximum absolute atomic E-state index is 12.0. The van der Waals surface area contributed by atoms with Crippen molar-refractivity contribution in [2.24, 2.45) is 0 Å². The number of hydrogen-bond donors (Lipinski definition) is 3. The van der Waals surface area contributed by atoms with Crippen molar-refractivity contribution in [2.45, 2.75) is 23.8 Å². The van der Waals surface area contributed by atoms with Crippen molar-refractivity contribution in [3.8, 4) is 0 Å². The van der Waals surface area contributed by atoms with Crippen molar-refractivity contribution in [2.75, 3.05) is 12.3 Å². The summed E-state index contributed by atoms with van der Waals surface area (Å²) in [7, 11) is -3.75. The number of nitrogens with one attached hydrogen (secondary N) is 2. The van der Waals surface area contributed by atoms with Crippen LogP contribution in [0, 0.1) is 0 Å². The molecular formula is C10H14N4O3S. The van der Waals surface area contributed by atoms with Gasteiger partial charge in [0.2, 0.25) is 15.9 Å². The lowest BCUT2D eigenvalue weighted by atomic mass is 10.1. The van der Waals surface area contributed by atoms with Crippen LogP contribution >= 0.6 is 0 Å². The lowest BCUT2D eigenvalue weighted by Crippen LogP contribution is -2.50. The zero-order valence-corrected chi connectivity index (χ0v) is 10.4. The van der Waals surface area contributed by atoms with Crippen LogP contribution in [0.25, 0.3) is 0 Å². The molecule has 1 fully saturated rings. The van der Waals surface area contributed by atoms with E-state index in [1.165, 1.54) is 18.3 Å². The summed E-state index contributed by atoms with van der Waals surface area (Å²) in [5.74, 6) is -0.183. The molecule has 1 saturated heterocycles. The van der Waals surface area contributed by atoms with E-state index in [4.69, 9.17) is 5.73 Å². The van der Waals surface area contributed by atoms with Gasteiger partial charge in [-0.3, -0.25) is 4.79 Å². The summed E-state index contributed by atoms with van der Waals surface area (Å²) in [5.41, 5.74) is 5.43. The standard InChI is InChI=1S/C10H14N4O3S/c11-9-6-7(3-5-12-9)18(16,17)14-8-2-1-4-13-10(8)15/h3,5-6,8,14H,1-2,4H2,(H2,11,12)(H,13,15). The Hall–Kier alpha value is -1.67. The number of piperidine rings is 1. The molecule has 1 aromatic heterocycles. The van der Waals surface area contributed by atoms with Crippen LogP contribution in [-0.2, 0) is 14.8 Å². The summed E-state index contributed by atoms with van der Waals surface area (Å²) < 4.78 is 26.4. The highest BCUT2D eigenvalue weighted by Gasteiger charge is 2.27. The highest BCUT2D eigenvalue weighted by molar-refractivity contribution is 7.89. The molecule has 8 heteroatoms. The van der Waals surface area contributed by atoms with Crippen molar-refractivity contribution >= 4 is 21.7 Å². The molecule has 1 amide bonds. The maximum Gasteiger partial charge on any atom is 0.241 e. The number of pyridine rings is 1. The molecule has 0 aromatic carbocycles. The summed E-state index contributed by atoms with van der Waals surface area (Å²) in [6.45, 7) is 0.583. The first-order chi connectivity index (χ1) is 8.49. The van der Waals surface area contributed by atoms with E-state index in [-0.39, 0.29) is 16.6 Å². The summed E-state index contributed by atoms with van der Waals surface area (Å²) in [5, 5.41) is 2.61. The highest BCUT2D eigenvalue weighted by Crippen LogP contribution is 2.13. The number of anilines is 1. The van der Waals surface area contributed by atoms with Gasteiger partial charge in [0.1, 0.15) is 11.9 Å². The van der Waals surface area contributed by atoms with Crippen LogP contribution in [-0.4, -0.2) is 31.9 Å². The summed E-state index contributed by atoms with van der Waals surface area (Å²) in [6.07, 6.45) is 2.55. The van der Waals surface area contributed by atoms with Gasteiger partial charge in [0.05, 0.1) is 4.90 Å². The first-order valence-corrected chi connectivity index (χ1v) is 6.99. The molecule has 1 atom stereocenters. The molecule has 0 radical (unpaired) electrons. The molecule has 0 saturated carbocycles. The number of nitrogen functional groups attached to an aromatic ring is 1. The molecule has 0 spiro atoms. The SMILES string of the molecule is Nc1cc(S(=O)(=O)NC2CCCNC2=O)ccn1. The van der Waals surface area contributed by atoms with Crippen LogP contribution in [0.15, 0.2) is 23.2 Å². The highest BCUT2D eigenvalue weighted by atomic mass is 32.2. The summed E-state index contributed by atoms with van der Waals surface area (Å²) in [4.78, 5) is 15.2. The number of nitrogens with zero attached hydrogens (tertiary/aromatic N) is 1. The summed E-state index contributed by atoms with van der Waals surface area (Å²) >= 11 is 0. The van der Waals surface area contributed by atoms with E-state index in [0.717, 1.165) is 6.42 Å². The Balaban J connectivity index is 2.19. The average molecular weight is 270 g/mol. The van der Waals surface area contributed by atoms with Crippen LogP contribution in [0.1, 0.15) is 12.8 Å². The Morgan fingerprint density at radius 3 is 2.94 bits per heavy atom. The Bertz CT molecular complexity index is 558. The third-order valence-corrected chi connectivity index (χ3v) is 4.11. The molecule has 4 N–H and O–H groups in total. The predicted molar refractivity (Wildman–Crippen MR) is 65.0 cm³/mol. The number of carbonyl (C=O) groups is 1. The van der Waals surface area contributed by atoms with Crippen molar-refractivity contribution in [3.63, 3.8) is 0 Å². The zero-order chi connectivity index (χ0) is 13.2. The van der Waals surface area contributed by atoms with Gasteiger partial charge in [-0.2, -0.15) is 4.72 Å². The Morgan fingerprint density at radius 2 is 2.28 bits per heavy atom. The fraction of sp³-hybridized carbons (Fsp3) is 0.400. The second kappa shape index (κ2) is 4.91. The van der Waals surface area contributed by atoms with Crippen LogP contribution in [0.4, 0.5) is 5.82 Å². The molecule has 18 heavy (non-hydrogen) atoms. The molecule has 2 rings (SSSR count). The van der Waals surface area contributed by atoms with Gasteiger partial charge in [-0.15, -0.1) is 0 Å². The lowest BCUT2D eigenvalue weighted by molar-refractivity contribution is -0.124. The topological polar surface area (TPSA) is 114 Å². The summed E-state index contributed by atoms with van der Waals surface area (Å²) in [6, 6.07) is 1.86. The molecular weight excluding hydrogens is 256 g/mol. The number of nitrogens with two attached hydrogens (primary N) is 1. The van der Waals surface area contributed by atoms with Crippen LogP contribution in [0.2, 0.25) is 0 Å². The number of rotatable bonds is 3. The van der Waals surface area contributed by atoms with Gasteiger partial charge < -0.3 is 11.1 Å². The van der Waals surface area contributed by atoms with E-state index in [1.54, 1.807) is 0 Å². The van der Waals surface area contributed by atoms with E-state index in [0.29, 0.717) is 13.0 Å². The Labute approximate surface area is 105 Å². The van der Waals surface area contributed by atoms with Gasteiger partial charge in [0.25, 0.3) is 0 Å². The van der Waals surface area contributed by atoms with Gasteiger partial charge in [0, 0.05) is 18.8 Å². The Kier molecular flexibility index (Phi) is 3.48. The quantitative estimate of drug-likeness (QED) is 0.666. The third kappa shape index (κ3) is 2.77. The lowest BCUT2D eigenvalue weighted by Gasteiger charge is -2.22. The number of aromatic nitrogens is 1. The number of hydrogen-bond acceptors (Lipinski definition) is 5. The molecule has 1 aliphatic heterocycles. The van der Waals surface area contributed by atoms with Gasteiger partial charge >= 0.3 is 0 Å². The van der Waals surface area contributed by atoms with E-state index in [9.17, 15) is 13.2 Å². The molecule has 2 heterocycles. The van der Waals surface area contributed by atoms with Crippen LogP contribution in [0.3, 0.4) is 0 Å².